The molecule has 0 aliphatic carbocycles. The highest BCUT2D eigenvalue weighted by Crippen LogP contribution is 2.46. The van der Waals surface area contributed by atoms with Crippen LogP contribution in [0.2, 0.25) is 18.1 Å². The van der Waals surface area contributed by atoms with Gasteiger partial charge < -0.3 is 23.9 Å². The summed E-state index contributed by atoms with van der Waals surface area (Å²) >= 11 is 0. The summed E-state index contributed by atoms with van der Waals surface area (Å²) < 4.78 is 32.3. The van der Waals surface area contributed by atoms with Crippen LogP contribution in [0.25, 0.3) is 5.65 Å². The van der Waals surface area contributed by atoms with Crippen LogP contribution in [0.15, 0.2) is 48.9 Å². The summed E-state index contributed by atoms with van der Waals surface area (Å²) in [5, 5.41) is 2.73. The van der Waals surface area contributed by atoms with E-state index in [-0.39, 0.29) is 10.9 Å². The highest BCUT2D eigenvalue weighted by molar-refractivity contribution is 7.32. The Morgan fingerprint density at radius 3 is 2.54 bits per heavy atom. The van der Waals surface area contributed by atoms with Gasteiger partial charge in [-0.05, 0) is 36.7 Å². The summed E-state index contributed by atoms with van der Waals surface area (Å²) in [4.78, 5) is 31.3. The number of ether oxygens (including phenoxy) is 1. The van der Waals surface area contributed by atoms with E-state index in [1.165, 1.54) is 0 Å². The maximum Gasteiger partial charge on any atom is 0.317 e. The molecule has 1 fully saturated rings. The van der Waals surface area contributed by atoms with Gasteiger partial charge in [-0.1, -0.05) is 45.9 Å². The molecular formula is C25H35N4O6PSi. The molecule has 37 heavy (non-hydrogen) atoms. The van der Waals surface area contributed by atoms with Crippen molar-refractivity contribution in [3.8, 4) is 0 Å². The lowest BCUT2D eigenvalue weighted by atomic mass is 10.0. The summed E-state index contributed by atoms with van der Waals surface area (Å²) in [6.45, 7) is 12.6. The van der Waals surface area contributed by atoms with Crippen LogP contribution in [-0.2, 0) is 18.3 Å². The maximum absolute atomic E-state index is 12.8. The lowest BCUT2D eigenvalue weighted by Crippen LogP contribution is -2.48. The third kappa shape index (κ3) is 5.72. The van der Waals surface area contributed by atoms with Crippen LogP contribution in [0.3, 0.4) is 0 Å². The largest absolute Gasteiger partial charge is 0.408 e. The normalized spacial score (nSPS) is 23.3. The second kappa shape index (κ2) is 10.8. The van der Waals surface area contributed by atoms with Crippen LogP contribution >= 0.6 is 8.25 Å². The van der Waals surface area contributed by atoms with Gasteiger partial charge in [-0.3, -0.25) is 13.8 Å². The summed E-state index contributed by atoms with van der Waals surface area (Å²) in [6.07, 6.45) is 3.17. The van der Waals surface area contributed by atoms with E-state index in [4.69, 9.17) is 13.7 Å². The zero-order valence-electron chi connectivity index (χ0n) is 22.0. The summed E-state index contributed by atoms with van der Waals surface area (Å²) in [5.74, 6) is 0.0114. The van der Waals surface area contributed by atoms with Gasteiger partial charge >= 0.3 is 8.25 Å². The molecule has 3 aromatic rings. The average molecular weight is 547 g/mol. The van der Waals surface area contributed by atoms with Crippen molar-refractivity contribution in [3.05, 3.63) is 60.2 Å². The minimum atomic E-state index is -3.24. The molecule has 2 aromatic heterocycles. The Labute approximate surface area is 218 Å². The van der Waals surface area contributed by atoms with Crippen molar-refractivity contribution >= 4 is 33.9 Å². The summed E-state index contributed by atoms with van der Waals surface area (Å²) in [5.41, 5.74) is 1.63. The minimum absolute atomic E-state index is 0.102. The first-order valence-electron chi connectivity index (χ1n) is 12.3. The SMILES string of the molecule is CC[C@H]1O[C@@H](c2cnc3c(NC(=O)c4ccccc4)nccn23)C(O[Si](C)(C)C(C)(C)C)[C@H]1O[PH](=O)O. The molecule has 5 atom stereocenters. The molecule has 0 saturated carbocycles. The average Bonchev–Trinajstić information content (AvgIpc) is 3.40. The molecule has 200 valence electrons. The fourth-order valence-electron chi connectivity index (χ4n) is 4.20. The number of nitrogens with one attached hydrogen (secondary N) is 1. The number of carbonyl (C=O) groups is 1. The molecule has 1 aromatic carbocycles. The third-order valence-electron chi connectivity index (χ3n) is 7.20. The number of benzene rings is 1. The second-order valence-corrected chi connectivity index (χ2v) is 16.2. The predicted octanol–water partition coefficient (Wildman–Crippen LogP) is 4.99. The van der Waals surface area contributed by atoms with Gasteiger partial charge in [-0.15, -0.1) is 0 Å². The smallest absolute Gasteiger partial charge is 0.317 e. The van der Waals surface area contributed by atoms with E-state index >= 15 is 0 Å². The molecule has 1 saturated heterocycles. The monoisotopic (exact) mass is 546 g/mol. The number of rotatable bonds is 8. The Kier molecular flexibility index (Phi) is 8.03. The van der Waals surface area contributed by atoms with Crippen molar-refractivity contribution in [1.29, 1.82) is 0 Å². The fourth-order valence-corrected chi connectivity index (χ4v) is 6.02. The lowest BCUT2D eigenvalue weighted by Gasteiger charge is -2.40. The van der Waals surface area contributed by atoms with Crippen LogP contribution in [0.5, 0.6) is 0 Å². The first-order valence-corrected chi connectivity index (χ1v) is 16.5. The highest BCUT2D eigenvalue weighted by Gasteiger charge is 2.52. The number of fused-ring (bicyclic) bond motifs is 1. The molecule has 4 rings (SSSR count). The van der Waals surface area contributed by atoms with Gasteiger partial charge in [0.1, 0.15) is 18.3 Å². The number of aromatic nitrogens is 3. The summed E-state index contributed by atoms with van der Waals surface area (Å²) in [6, 6.07) is 8.87. The Hall–Kier alpha value is -2.40. The molecule has 1 aliphatic heterocycles. The second-order valence-electron chi connectivity index (χ2n) is 10.7. The number of hydrogen-bond donors (Lipinski definition) is 2. The molecule has 1 amide bonds. The van der Waals surface area contributed by atoms with Gasteiger partial charge in [-0.25, -0.2) is 9.97 Å². The number of nitrogens with zero attached hydrogens (tertiary/aromatic N) is 3. The lowest BCUT2D eigenvalue weighted by molar-refractivity contribution is 0.00584. The quantitative estimate of drug-likeness (QED) is 0.299. The highest BCUT2D eigenvalue weighted by atomic mass is 31.1. The molecule has 2 unspecified atom stereocenters. The molecule has 0 bridgehead atoms. The Morgan fingerprint density at radius 1 is 1.22 bits per heavy atom. The number of amides is 1. The third-order valence-corrected chi connectivity index (χ3v) is 12.1. The van der Waals surface area contributed by atoms with Gasteiger partial charge in [0.05, 0.1) is 18.0 Å². The van der Waals surface area contributed by atoms with Crippen molar-refractivity contribution in [1.82, 2.24) is 14.4 Å². The molecule has 12 heteroatoms. The Balaban J connectivity index is 1.72. The molecule has 1 aliphatic rings. The topological polar surface area (TPSA) is 124 Å². The molecule has 0 spiro atoms. The van der Waals surface area contributed by atoms with Crippen molar-refractivity contribution < 1.29 is 27.9 Å². The Bertz CT molecular complexity index is 1280. The zero-order valence-corrected chi connectivity index (χ0v) is 24.0. The van der Waals surface area contributed by atoms with Gasteiger partial charge in [0.15, 0.2) is 19.8 Å². The number of anilines is 1. The molecule has 3 heterocycles. The molecule has 0 radical (unpaired) electrons. The molecule has 10 nitrogen and oxygen atoms in total. The van der Waals surface area contributed by atoms with E-state index in [9.17, 15) is 14.3 Å². The maximum atomic E-state index is 12.8. The van der Waals surface area contributed by atoms with Crippen molar-refractivity contribution in [3.63, 3.8) is 0 Å². The zero-order chi connectivity index (χ0) is 27.0. The number of hydrogen-bond acceptors (Lipinski definition) is 7. The minimum Gasteiger partial charge on any atom is -0.408 e. The van der Waals surface area contributed by atoms with E-state index in [0.717, 1.165) is 0 Å². The van der Waals surface area contributed by atoms with E-state index in [2.05, 4.69) is 49.1 Å². The van der Waals surface area contributed by atoms with E-state index in [1.54, 1.807) is 47.3 Å². The fraction of sp³-hybridized carbons (Fsp3) is 0.480. The number of carbonyl (C=O) groups excluding carboxylic acids is 1. The standard InChI is InChI=1S/C25H35N4O6PSi/c1-7-18-20(34-36(31)32)21(35-37(5,6)25(2,3)4)19(33-18)17-15-27-23-22(26-13-14-29(17)23)28-24(30)16-11-9-8-10-12-16/h8-15,18-21,36H,7H2,1-6H3,(H,31,32)(H,26,28,30)/t18-,19+,20+,21?/m1/s1. The first-order chi connectivity index (χ1) is 17.4. The van der Waals surface area contributed by atoms with Gasteiger partial charge in [0.2, 0.25) is 0 Å². The van der Waals surface area contributed by atoms with Gasteiger partial charge in [-0.2, -0.15) is 0 Å². The molecule has 2 N–H and O–H groups in total. The Morgan fingerprint density at radius 2 is 1.92 bits per heavy atom. The van der Waals surface area contributed by atoms with Crippen LogP contribution in [0, 0.1) is 0 Å². The van der Waals surface area contributed by atoms with Crippen molar-refractivity contribution in [2.24, 2.45) is 0 Å². The van der Waals surface area contributed by atoms with E-state index in [0.29, 0.717) is 29.1 Å². The van der Waals surface area contributed by atoms with Gasteiger partial charge in [0, 0.05) is 18.0 Å². The van der Waals surface area contributed by atoms with Crippen LogP contribution in [0.1, 0.15) is 56.3 Å². The number of imidazole rings is 1. The van der Waals surface area contributed by atoms with Crippen LogP contribution in [-0.4, -0.2) is 51.8 Å². The van der Waals surface area contributed by atoms with Gasteiger partial charge in [0.25, 0.3) is 5.91 Å². The van der Waals surface area contributed by atoms with Crippen LogP contribution in [0.4, 0.5) is 5.82 Å². The van der Waals surface area contributed by atoms with Crippen LogP contribution < -0.4 is 5.32 Å². The van der Waals surface area contributed by atoms with Crippen molar-refractivity contribution in [2.45, 2.75) is 76.7 Å². The van der Waals surface area contributed by atoms with Crippen molar-refractivity contribution in [2.75, 3.05) is 5.32 Å². The predicted molar refractivity (Wildman–Crippen MR) is 143 cm³/mol. The van der Waals surface area contributed by atoms with E-state index < -0.39 is 41.0 Å². The first kappa shape index (κ1) is 27.6. The molecular weight excluding hydrogens is 511 g/mol. The van der Waals surface area contributed by atoms with E-state index in [1.807, 2.05) is 13.0 Å². The summed E-state index contributed by atoms with van der Waals surface area (Å²) in [7, 11) is -5.56.